The van der Waals surface area contributed by atoms with Crippen molar-refractivity contribution in [2.45, 2.75) is 26.3 Å². The number of rotatable bonds is 4. The SMILES string of the molecule is C=CC1CCN(C(=O)NCc2cccc(NC(C)=O)c2)CC1. The number of nitrogens with one attached hydrogen (secondary N) is 2. The minimum absolute atomic E-state index is 0.0348. The summed E-state index contributed by atoms with van der Waals surface area (Å²) in [6.07, 6.45) is 3.94. The van der Waals surface area contributed by atoms with Gasteiger partial charge in [-0.25, -0.2) is 4.79 Å². The summed E-state index contributed by atoms with van der Waals surface area (Å²) in [5.74, 6) is 0.421. The highest BCUT2D eigenvalue weighted by Crippen LogP contribution is 2.17. The molecule has 118 valence electrons. The van der Waals surface area contributed by atoms with E-state index in [4.69, 9.17) is 0 Å². The molecule has 3 amide bonds. The second-order valence-corrected chi connectivity index (χ2v) is 5.60. The summed E-state index contributed by atoms with van der Waals surface area (Å²) in [4.78, 5) is 25.0. The average Bonchev–Trinajstić information content (AvgIpc) is 2.52. The van der Waals surface area contributed by atoms with E-state index in [1.54, 1.807) is 0 Å². The number of carbonyl (C=O) groups is 2. The molecule has 1 aromatic rings. The Bertz CT molecular complexity index is 549. The number of benzene rings is 1. The Morgan fingerprint density at radius 1 is 1.36 bits per heavy atom. The van der Waals surface area contributed by atoms with Crippen LogP contribution in [0.3, 0.4) is 0 Å². The van der Waals surface area contributed by atoms with E-state index in [9.17, 15) is 9.59 Å². The molecule has 0 spiro atoms. The lowest BCUT2D eigenvalue weighted by Crippen LogP contribution is -2.43. The van der Waals surface area contributed by atoms with Crippen LogP contribution in [0.5, 0.6) is 0 Å². The van der Waals surface area contributed by atoms with Gasteiger partial charge in [0.15, 0.2) is 0 Å². The quantitative estimate of drug-likeness (QED) is 0.840. The van der Waals surface area contributed by atoms with E-state index in [1.807, 2.05) is 35.2 Å². The molecule has 1 saturated heterocycles. The summed E-state index contributed by atoms with van der Waals surface area (Å²) in [5.41, 5.74) is 1.70. The highest BCUT2D eigenvalue weighted by atomic mass is 16.2. The van der Waals surface area contributed by atoms with E-state index in [-0.39, 0.29) is 11.9 Å². The fourth-order valence-electron chi connectivity index (χ4n) is 2.59. The normalized spacial score (nSPS) is 15.2. The molecule has 0 atom stereocenters. The first-order valence-corrected chi connectivity index (χ1v) is 7.60. The van der Waals surface area contributed by atoms with Crippen LogP contribution in [-0.4, -0.2) is 29.9 Å². The number of allylic oxidation sites excluding steroid dienone is 1. The molecule has 1 heterocycles. The molecule has 5 heteroatoms. The van der Waals surface area contributed by atoms with Crippen LogP contribution in [0.25, 0.3) is 0 Å². The number of anilines is 1. The number of nitrogens with zero attached hydrogens (tertiary/aromatic N) is 1. The zero-order chi connectivity index (χ0) is 15.9. The van der Waals surface area contributed by atoms with Gasteiger partial charge in [-0.3, -0.25) is 4.79 Å². The van der Waals surface area contributed by atoms with Crippen LogP contribution in [0.4, 0.5) is 10.5 Å². The van der Waals surface area contributed by atoms with Crippen molar-refractivity contribution >= 4 is 17.6 Å². The van der Waals surface area contributed by atoms with Crippen LogP contribution >= 0.6 is 0 Å². The highest BCUT2D eigenvalue weighted by Gasteiger charge is 2.20. The topological polar surface area (TPSA) is 61.4 Å². The van der Waals surface area contributed by atoms with Crippen LogP contribution in [0, 0.1) is 5.92 Å². The molecule has 22 heavy (non-hydrogen) atoms. The fourth-order valence-corrected chi connectivity index (χ4v) is 2.59. The van der Waals surface area contributed by atoms with Crippen molar-refractivity contribution in [3.8, 4) is 0 Å². The lowest BCUT2D eigenvalue weighted by atomic mass is 9.97. The lowest BCUT2D eigenvalue weighted by molar-refractivity contribution is -0.114. The van der Waals surface area contributed by atoms with Gasteiger partial charge < -0.3 is 15.5 Å². The average molecular weight is 301 g/mol. The van der Waals surface area contributed by atoms with Gasteiger partial charge in [0.05, 0.1) is 0 Å². The first-order valence-electron chi connectivity index (χ1n) is 7.60. The van der Waals surface area contributed by atoms with Gasteiger partial charge in [-0.15, -0.1) is 6.58 Å². The van der Waals surface area contributed by atoms with E-state index < -0.39 is 0 Å². The van der Waals surface area contributed by atoms with Gasteiger partial charge in [-0.1, -0.05) is 18.2 Å². The van der Waals surface area contributed by atoms with Gasteiger partial charge >= 0.3 is 6.03 Å². The number of piperidine rings is 1. The maximum absolute atomic E-state index is 12.1. The number of likely N-dealkylation sites (tertiary alicyclic amines) is 1. The smallest absolute Gasteiger partial charge is 0.317 e. The first-order chi connectivity index (χ1) is 10.6. The Labute approximate surface area is 131 Å². The second-order valence-electron chi connectivity index (χ2n) is 5.60. The monoisotopic (exact) mass is 301 g/mol. The number of carbonyl (C=O) groups excluding carboxylic acids is 2. The van der Waals surface area contributed by atoms with Crippen molar-refractivity contribution in [1.82, 2.24) is 10.2 Å². The molecule has 5 nitrogen and oxygen atoms in total. The van der Waals surface area contributed by atoms with E-state index in [0.717, 1.165) is 37.2 Å². The second kappa shape index (κ2) is 7.64. The summed E-state index contributed by atoms with van der Waals surface area (Å²) in [7, 11) is 0. The Morgan fingerprint density at radius 2 is 2.09 bits per heavy atom. The Kier molecular flexibility index (Phi) is 5.58. The Balaban J connectivity index is 1.83. The molecule has 1 aromatic carbocycles. The van der Waals surface area contributed by atoms with Crippen molar-refractivity contribution in [3.63, 3.8) is 0 Å². The summed E-state index contributed by atoms with van der Waals surface area (Å²) in [6.45, 7) is 7.28. The zero-order valence-electron chi connectivity index (χ0n) is 13.0. The largest absolute Gasteiger partial charge is 0.334 e. The molecular weight excluding hydrogens is 278 g/mol. The third-order valence-electron chi connectivity index (χ3n) is 3.85. The zero-order valence-corrected chi connectivity index (χ0v) is 13.0. The molecule has 0 unspecified atom stereocenters. The maximum atomic E-state index is 12.1. The standard InChI is InChI=1S/C17H23N3O2/c1-3-14-7-9-20(10-8-14)17(22)18-12-15-5-4-6-16(11-15)19-13(2)21/h3-6,11,14H,1,7-10,12H2,2H3,(H,18,22)(H,19,21). The molecule has 1 aliphatic rings. The van der Waals surface area contributed by atoms with Crippen LogP contribution in [0.15, 0.2) is 36.9 Å². The Morgan fingerprint density at radius 3 is 2.73 bits per heavy atom. The van der Waals surface area contributed by atoms with E-state index >= 15 is 0 Å². The molecule has 0 saturated carbocycles. The summed E-state index contributed by atoms with van der Waals surface area (Å²) < 4.78 is 0. The predicted molar refractivity (Wildman–Crippen MR) is 87.5 cm³/mol. The number of hydrogen-bond acceptors (Lipinski definition) is 2. The highest BCUT2D eigenvalue weighted by molar-refractivity contribution is 5.88. The van der Waals surface area contributed by atoms with Gasteiger partial charge in [0.1, 0.15) is 0 Å². The minimum atomic E-state index is -0.105. The van der Waals surface area contributed by atoms with E-state index in [2.05, 4.69) is 17.2 Å². The van der Waals surface area contributed by atoms with Gasteiger partial charge in [0.25, 0.3) is 0 Å². The van der Waals surface area contributed by atoms with Crippen molar-refractivity contribution in [2.24, 2.45) is 5.92 Å². The van der Waals surface area contributed by atoms with Crippen LogP contribution in [0.1, 0.15) is 25.3 Å². The summed E-state index contributed by atoms with van der Waals surface area (Å²) in [5, 5.41) is 5.67. The molecule has 0 aromatic heterocycles. The molecule has 0 radical (unpaired) electrons. The van der Waals surface area contributed by atoms with Crippen LogP contribution in [0.2, 0.25) is 0 Å². The van der Waals surface area contributed by atoms with Gasteiger partial charge in [0, 0.05) is 32.2 Å². The number of hydrogen-bond donors (Lipinski definition) is 2. The summed E-state index contributed by atoms with van der Waals surface area (Å²) >= 11 is 0. The van der Waals surface area contributed by atoms with Gasteiger partial charge in [-0.2, -0.15) is 0 Å². The number of amides is 3. The third kappa shape index (κ3) is 4.62. The predicted octanol–water partition coefficient (Wildman–Crippen LogP) is 2.75. The third-order valence-corrected chi connectivity index (χ3v) is 3.85. The molecular formula is C17H23N3O2. The van der Waals surface area contributed by atoms with Crippen LogP contribution in [-0.2, 0) is 11.3 Å². The fraction of sp³-hybridized carbons (Fsp3) is 0.412. The van der Waals surface area contributed by atoms with Crippen molar-refractivity contribution in [3.05, 3.63) is 42.5 Å². The lowest BCUT2D eigenvalue weighted by Gasteiger charge is -2.30. The number of urea groups is 1. The van der Waals surface area contributed by atoms with Gasteiger partial charge in [0.2, 0.25) is 5.91 Å². The van der Waals surface area contributed by atoms with Gasteiger partial charge in [-0.05, 0) is 36.5 Å². The van der Waals surface area contributed by atoms with Crippen LogP contribution < -0.4 is 10.6 Å². The summed E-state index contributed by atoms with van der Waals surface area (Å²) in [6, 6.07) is 7.45. The molecule has 1 aliphatic heterocycles. The maximum Gasteiger partial charge on any atom is 0.317 e. The van der Waals surface area contributed by atoms with E-state index in [0.29, 0.717) is 12.5 Å². The molecule has 1 fully saturated rings. The van der Waals surface area contributed by atoms with E-state index in [1.165, 1.54) is 6.92 Å². The van der Waals surface area contributed by atoms with Crippen molar-refractivity contribution in [1.29, 1.82) is 0 Å². The Hall–Kier alpha value is -2.30. The van der Waals surface area contributed by atoms with Crippen molar-refractivity contribution < 1.29 is 9.59 Å². The minimum Gasteiger partial charge on any atom is -0.334 e. The first kappa shape index (κ1) is 16.1. The molecule has 2 rings (SSSR count). The molecule has 2 N–H and O–H groups in total. The molecule has 0 aliphatic carbocycles. The molecule has 0 bridgehead atoms. The van der Waals surface area contributed by atoms with Crippen molar-refractivity contribution in [2.75, 3.05) is 18.4 Å².